The van der Waals surface area contributed by atoms with Gasteiger partial charge in [0.25, 0.3) is 0 Å². The number of carboxylic acid groups (broad SMARTS) is 1. The lowest BCUT2D eigenvalue weighted by Gasteiger charge is -2.14. The highest BCUT2D eigenvalue weighted by atomic mass is 16.5. The summed E-state index contributed by atoms with van der Waals surface area (Å²) in [5.74, 6) is -0.748. The first-order chi connectivity index (χ1) is 7.99. The normalized spacial score (nSPS) is 10.2. The molecule has 1 N–H and O–H groups in total. The van der Waals surface area contributed by atoms with Gasteiger partial charge < -0.3 is 19.3 Å². The van der Waals surface area contributed by atoms with Crippen molar-refractivity contribution in [1.29, 1.82) is 0 Å². The topological polar surface area (TPSA) is 92.9 Å². The first kappa shape index (κ1) is 13.2. The van der Waals surface area contributed by atoms with Crippen LogP contribution >= 0.6 is 0 Å². The number of hydrogen-bond acceptors (Lipinski definition) is 5. The average molecular weight is 242 g/mol. The van der Waals surface area contributed by atoms with Crippen LogP contribution < -0.4 is 0 Å². The van der Waals surface area contributed by atoms with Gasteiger partial charge in [0, 0.05) is 13.1 Å². The summed E-state index contributed by atoms with van der Waals surface area (Å²) in [6.45, 7) is 1.31. The second-order valence-electron chi connectivity index (χ2n) is 3.57. The number of amides is 1. The predicted octanol–water partition coefficient (Wildman–Crippen LogP) is 0.0426. The molecule has 0 spiro atoms. The van der Waals surface area contributed by atoms with E-state index in [4.69, 9.17) is 9.63 Å². The molecule has 0 aromatic carbocycles. The molecule has 7 heteroatoms. The van der Waals surface area contributed by atoms with Gasteiger partial charge >= 0.3 is 5.97 Å². The number of aliphatic carboxylic acids is 1. The maximum absolute atomic E-state index is 11.5. The van der Waals surface area contributed by atoms with Crippen molar-refractivity contribution in [3.05, 3.63) is 17.5 Å². The summed E-state index contributed by atoms with van der Waals surface area (Å²) in [4.78, 5) is 23.0. The van der Waals surface area contributed by atoms with E-state index in [1.54, 1.807) is 20.0 Å². The van der Waals surface area contributed by atoms with Gasteiger partial charge in [0.2, 0.25) is 5.91 Å². The molecule has 0 aliphatic carbocycles. The number of nitrogens with zero attached hydrogens (tertiary/aromatic N) is 2. The molecule has 0 fully saturated rings. The van der Waals surface area contributed by atoms with E-state index in [9.17, 15) is 9.59 Å². The summed E-state index contributed by atoms with van der Waals surface area (Å²) in [5.41, 5.74) is 0.636. The molecule has 0 aliphatic heterocycles. The molecule has 7 nitrogen and oxygen atoms in total. The monoisotopic (exact) mass is 242 g/mol. The summed E-state index contributed by atoms with van der Waals surface area (Å²) in [6, 6.07) is 1.72. The van der Waals surface area contributed by atoms with Crippen LogP contribution in [0.4, 0.5) is 0 Å². The maximum Gasteiger partial charge on any atom is 0.329 e. The summed E-state index contributed by atoms with van der Waals surface area (Å²) >= 11 is 0. The fraction of sp³-hybridized carbons (Fsp3) is 0.500. The van der Waals surface area contributed by atoms with Crippen LogP contribution in [-0.4, -0.2) is 47.3 Å². The van der Waals surface area contributed by atoms with E-state index in [0.29, 0.717) is 18.0 Å². The molecule has 1 rings (SSSR count). The number of likely N-dealkylation sites (N-methyl/N-ethyl adjacent to an activating group) is 1. The first-order valence-corrected chi connectivity index (χ1v) is 4.94. The Morgan fingerprint density at radius 3 is 2.76 bits per heavy atom. The Balaban J connectivity index is 2.34. The lowest BCUT2D eigenvalue weighted by atomic mass is 10.3. The highest BCUT2D eigenvalue weighted by molar-refractivity contribution is 5.77. The molecule has 1 aromatic rings. The molecule has 0 atom stereocenters. The van der Waals surface area contributed by atoms with Crippen molar-refractivity contribution < 1.29 is 24.0 Å². The zero-order valence-corrected chi connectivity index (χ0v) is 9.67. The Morgan fingerprint density at radius 1 is 1.53 bits per heavy atom. The van der Waals surface area contributed by atoms with E-state index in [0.717, 1.165) is 0 Å². The SMILES string of the molecule is Cc1cc(CN(C)C(=O)COCC(=O)O)no1. The van der Waals surface area contributed by atoms with Crippen molar-refractivity contribution in [2.45, 2.75) is 13.5 Å². The minimum atomic E-state index is -1.10. The van der Waals surface area contributed by atoms with Gasteiger partial charge in [-0.3, -0.25) is 4.79 Å². The van der Waals surface area contributed by atoms with Gasteiger partial charge in [-0.05, 0) is 6.92 Å². The quantitative estimate of drug-likeness (QED) is 0.757. The van der Waals surface area contributed by atoms with Gasteiger partial charge in [-0.25, -0.2) is 4.79 Å². The Morgan fingerprint density at radius 2 is 2.24 bits per heavy atom. The average Bonchev–Trinajstić information content (AvgIpc) is 2.63. The molecule has 1 heterocycles. The van der Waals surface area contributed by atoms with Gasteiger partial charge in [0.1, 0.15) is 24.7 Å². The Bertz CT molecular complexity index is 401. The lowest BCUT2D eigenvalue weighted by Crippen LogP contribution is -2.30. The van der Waals surface area contributed by atoms with Crippen LogP contribution in [0.3, 0.4) is 0 Å². The molecule has 0 unspecified atom stereocenters. The summed E-state index contributed by atoms with van der Waals surface area (Å²) in [7, 11) is 1.58. The minimum absolute atomic E-state index is 0.264. The van der Waals surface area contributed by atoms with Crippen LogP contribution in [0.2, 0.25) is 0 Å². The van der Waals surface area contributed by atoms with Crippen molar-refractivity contribution in [1.82, 2.24) is 10.1 Å². The Kier molecular flexibility index (Phi) is 4.65. The molecule has 94 valence electrons. The molecule has 0 saturated carbocycles. The highest BCUT2D eigenvalue weighted by Crippen LogP contribution is 2.04. The number of carbonyl (C=O) groups is 2. The van der Waals surface area contributed by atoms with Crippen LogP contribution in [0.1, 0.15) is 11.5 Å². The molecule has 0 aliphatic rings. The Hall–Kier alpha value is -1.89. The van der Waals surface area contributed by atoms with Crippen molar-refractivity contribution in [2.75, 3.05) is 20.3 Å². The van der Waals surface area contributed by atoms with Gasteiger partial charge in [-0.15, -0.1) is 0 Å². The lowest BCUT2D eigenvalue weighted by molar-refractivity contribution is -0.145. The molecule has 1 amide bonds. The number of ether oxygens (including phenoxy) is 1. The number of rotatable bonds is 6. The summed E-state index contributed by atoms with van der Waals surface area (Å²) in [5, 5.41) is 12.1. The zero-order valence-electron chi connectivity index (χ0n) is 9.67. The van der Waals surface area contributed by atoms with Crippen LogP contribution in [0.25, 0.3) is 0 Å². The third kappa shape index (κ3) is 4.64. The minimum Gasteiger partial charge on any atom is -0.480 e. The van der Waals surface area contributed by atoms with Crippen molar-refractivity contribution in [2.24, 2.45) is 0 Å². The van der Waals surface area contributed by atoms with Crippen molar-refractivity contribution in [3.63, 3.8) is 0 Å². The van der Waals surface area contributed by atoms with E-state index >= 15 is 0 Å². The van der Waals surface area contributed by atoms with E-state index in [-0.39, 0.29) is 12.5 Å². The number of aryl methyl sites for hydroxylation is 1. The van der Waals surface area contributed by atoms with E-state index < -0.39 is 12.6 Å². The van der Waals surface area contributed by atoms with Crippen LogP contribution in [0.15, 0.2) is 10.6 Å². The largest absolute Gasteiger partial charge is 0.480 e. The van der Waals surface area contributed by atoms with Gasteiger partial charge in [0.15, 0.2) is 0 Å². The van der Waals surface area contributed by atoms with Gasteiger partial charge in [-0.1, -0.05) is 5.16 Å². The van der Waals surface area contributed by atoms with Crippen LogP contribution in [0, 0.1) is 6.92 Å². The van der Waals surface area contributed by atoms with E-state index in [1.807, 2.05) is 0 Å². The number of aromatic nitrogens is 1. The van der Waals surface area contributed by atoms with E-state index in [1.165, 1.54) is 4.90 Å². The third-order valence-corrected chi connectivity index (χ3v) is 1.95. The molecule has 0 saturated heterocycles. The summed E-state index contributed by atoms with van der Waals surface area (Å²) < 4.78 is 9.55. The molecular weight excluding hydrogens is 228 g/mol. The second kappa shape index (κ2) is 6.00. The predicted molar refractivity (Wildman–Crippen MR) is 56.2 cm³/mol. The number of hydrogen-bond donors (Lipinski definition) is 1. The van der Waals surface area contributed by atoms with E-state index in [2.05, 4.69) is 9.89 Å². The molecule has 17 heavy (non-hydrogen) atoms. The maximum atomic E-state index is 11.5. The zero-order chi connectivity index (χ0) is 12.8. The fourth-order valence-electron chi connectivity index (χ4n) is 1.16. The standard InChI is InChI=1S/C10H14N2O5/c1-7-3-8(11-17-7)4-12(2)9(13)5-16-6-10(14)15/h3H,4-6H2,1-2H3,(H,14,15). The Labute approximate surface area is 97.9 Å². The van der Waals surface area contributed by atoms with Gasteiger partial charge in [-0.2, -0.15) is 0 Å². The van der Waals surface area contributed by atoms with Crippen LogP contribution in [0.5, 0.6) is 0 Å². The number of carbonyl (C=O) groups excluding carboxylic acids is 1. The molecular formula is C10H14N2O5. The third-order valence-electron chi connectivity index (χ3n) is 1.95. The smallest absolute Gasteiger partial charge is 0.329 e. The second-order valence-corrected chi connectivity index (χ2v) is 3.57. The number of carboxylic acids is 1. The fourth-order valence-corrected chi connectivity index (χ4v) is 1.16. The first-order valence-electron chi connectivity index (χ1n) is 4.94. The van der Waals surface area contributed by atoms with Crippen molar-refractivity contribution in [3.8, 4) is 0 Å². The highest BCUT2D eigenvalue weighted by Gasteiger charge is 2.12. The molecule has 0 radical (unpaired) electrons. The van der Waals surface area contributed by atoms with Crippen LogP contribution in [-0.2, 0) is 20.9 Å². The van der Waals surface area contributed by atoms with Crippen molar-refractivity contribution >= 4 is 11.9 Å². The molecule has 1 aromatic heterocycles. The summed E-state index contributed by atoms with van der Waals surface area (Å²) in [6.07, 6.45) is 0. The van der Waals surface area contributed by atoms with Gasteiger partial charge in [0.05, 0.1) is 6.54 Å². The molecule has 0 bridgehead atoms.